The molecule has 1 aliphatic heterocycles. The van der Waals surface area contributed by atoms with Gasteiger partial charge in [0.1, 0.15) is 23.0 Å². The van der Waals surface area contributed by atoms with Crippen molar-refractivity contribution < 1.29 is 28.9 Å². The summed E-state index contributed by atoms with van der Waals surface area (Å²) in [6.07, 6.45) is 0. The average Bonchev–Trinajstić information content (AvgIpc) is 3.13. The van der Waals surface area contributed by atoms with Crippen LogP contribution in [0.3, 0.4) is 0 Å². The summed E-state index contributed by atoms with van der Waals surface area (Å²) in [4.78, 5) is 28.0. The molecule has 0 saturated carbocycles. The van der Waals surface area contributed by atoms with Gasteiger partial charge < -0.3 is 24.2 Å². The first-order valence-corrected chi connectivity index (χ1v) is 10.7. The topological polar surface area (TPSA) is 85.3 Å². The molecule has 7 nitrogen and oxygen atoms in total. The molecule has 0 spiro atoms. The number of hydrogen-bond donors (Lipinski definition) is 1. The predicted molar refractivity (Wildman–Crippen MR) is 127 cm³/mol. The van der Waals surface area contributed by atoms with Crippen LogP contribution in [0.2, 0.25) is 0 Å². The zero-order valence-electron chi connectivity index (χ0n) is 19.1. The molecule has 1 heterocycles. The lowest BCUT2D eigenvalue weighted by atomic mass is 9.94. The Balaban J connectivity index is 1.90. The SMILES string of the molecule is COc1ccc(OC)c(/C(O)=C2\C(=O)C(=O)N(Cc3ccccc3OC)C2c2ccccc2)c1. The molecule has 0 aliphatic carbocycles. The number of para-hydroxylation sites is 1. The van der Waals surface area contributed by atoms with Gasteiger partial charge in [-0.05, 0) is 29.8 Å². The van der Waals surface area contributed by atoms with Gasteiger partial charge in [-0.25, -0.2) is 0 Å². The molecule has 3 aromatic rings. The van der Waals surface area contributed by atoms with E-state index in [1.54, 1.807) is 31.4 Å². The molecule has 1 amide bonds. The molecular weight excluding hydrogens is 434 g/mol. The number of amides is 1. The number of ether oxygens (including phenoxy) is 3. The highest BCUT2D eigenvalue weighted by atomic mass is 16.5. The molecule has 174 valence electrons. The predicted octanol–water partition coefficient (Wildman–Crippen LogP) is 4.33. The normalized spacial score (nSPS) is 17.0. The molecule has 0 radical (unpaired) electrons. The number of aliphatic hydroxyl groups excluding tert-OH is 1. The van der Waals surface area contributed by atoms with Crippen LogP contribution in [0.15, 0.2) is 78.4 Å². The van der Waals surface area contributed by atoms with Gasteiger partial charge in [-0.15, -0.1) is 0 Å². The van der Waals surface area contributed by atoms with Crippen LogP contribution in [-0.4, -0.2) is 43.0 Å². The molecule has 0 aromatic heterocycles. The first kappa shape index (κ1) is 22.9. The number of methoxy groups -OCH3 is 3. The summed E-state index contributed by atoms with van der Waals surface area (Å²) in [5.41, 5.74) is 1.68. The Hall–Kier alpha value is -4.26. The van der Waals surface area contributed by atoms with E-state index in [1.807, 2.05) is 48.5 Å². The van der Waals surface area contributed by atoms with Crippen molar-refractivity contribution in [2.24, 2.45) is 0 Å². The van der Waals surface area contributed by atoms with E-state index in [2.05, 4.69) is 0 Å². The number of rotatable bonds is 7. The van der Waals surface area contributed by atoms with E-state index in [1.165, 1.54) is 19.1 Å². The van der Waals surface area contributed by atoms with Gasteiger partial charge in [0.2, 0.25) is 0 Å². The number of ketones is 1. The zero-order chi connectivity index (χ0) is 24.2. The van der Waals surface area contributed by atoms with E-state index in [9.17, 15) is 14.7 Å². The monoisotopic (exact) mass is 459 g/mol. The van der Waals surface area contributed by atoms with Crippen LogP contribution in [0.1, 0.15) is 22.7 Å². The summed E-state index contributed by atoms with van der Waals surface area (Å²) in [5.74, 6) is -0.381. The maximum absolute atomic E-state index is 13.3. The number of aliphatic hydroxyl groups is 1. The van der Waals surface area contributed by atoms with Gasteiger partial charge in [-0.3, -0.25) is 9.59 Å². The molecule has 1 aliphatic rings. The Morgan fingerprint density at radius 1 is 0.853 bits per heavy atom. The molecule has 34 heavy (non-hydrogen) atoms. The summed E-state index contributed by atoms with van der Waals surface area (Å²) < 4.78 is 16.1. The maximum atomic E-state index is 13.3. The van der Waals surface area contributed by atoms with Gasteiger partial charge >= 0.3 is 0 Å². The highest BCUT2D eigenvalue weighted by Crippen LogP contribution is 2.42. The number of likely N-dealkylation sites (tertiary alicyclic amines) is 1. The second kappa shape index (κ2) is 9.70. The molecular formula is C27H25NO6. The summed E-state index contributed by atoms with van der Waals surface area (Å²) in [5, 5.41) is 11.4. The fourth-order valence-corrected chi connectivity index (χ4v) is 4.19. The van der Waals surface area contributed by atoms with Crippen LogP contribution >= 0.6 is 0 Å². The third-order valence-electron chi connectivity index (χ3n) is 5.85. The fourth-order valence-electron chi connectivity index (χ4n) is 4.19. The van der Waals surface area contributed by atoms with E-state index >= 15 is 0 Å². The largest absolute Gasteiger partial charge is 0.507 e. The average molecular weight is 459 g/mol. The van der Waals surface area contributed by atoms with Crippen LogP contribution < -0.4 is 14.2 Å². The molecule has 3 aromatic carbocycles. The second-order valence-corrected chi connectivity index (χ2v) is 7.72. The van der Waals surface area contributed by atoms with E-state index in [-0.39, 0.29) is 23.4 Å². The lowest BCUT2D eigenvalue weighted by Crippen LogP contribution is -2.29. The van der Waals surface area contributed by atoms with Crippen molar-refractivity contribution in [1.29, 1.82) is 0 Å². The van der Waals surface area contributed by atoms with E-state index in [4.69, 9.17) is 14.2 Å². The Morgan fingerprint density at radius 3 is 2.21 bits per heavy atom. The Kier molecular flexibility index (Phi) is 6.54. The van der Waals surface area contributed by atoms with Crippen molar-refractivity contribution >= 4 is 17.4 Å². The maximum Gasteiger partial charge on any atom is 0.295 e. The molecule has 1 fully saturated rings. The number of benzene rings is 3. The number of carbonyl (C=O) groups is 2. The van der Waals surface area contributed by atoms with Crippen LogP contribution in [0.25, 0.3) is 5.76 Å². The number of Topliss-reactive ketones (excluding diaryl/α,β-unsaturated/α-hetero) is 1. The molecule has 0 bridgehead atoms. The number of hydrogen-bond acceptors (Lipinski definition) is 6. The zero-order valence-corrected chi connectivity index (χ0v) is 19.1. The molecule has 1 unspecified atom stereocenters. The third-order valence-corrected chi connectivity index (χ3v) is 5.85. The summed E-state index contributed by atoms with van der Waals surface area (Å²) in [6.45, 7) is 0.125. The molecule has 1 N–H and O–H groups in total. The Labute approximate surface area is 197 Å². The Bertz CT molecular complexity index is 1250. The quantitative estimate of drug-likeness (QED) is 0.322. The van der Waals surface area contributed by atoms with Crippen molar-refractivity contribution in [3.05, 3.63) is 95.1 Å². The van der Waals surface area contributed by atoms with Crippen LogP contribution in [-0.2, 0) is 16.1 Å². The van der Waals surface area contributed by atoms with Crippen LogP contribution in [0, 0.1) is 0 Å². The highest BCUT2D eigenvalue weighted by molar-refractivity contribution is 6.46. The molecule has 7 heteroatoms. The fraction of sp³-hybridized carbons (Fsp3) is 0.185. The van der Waals surface area contributed by atoms with E-state index in [0.29, 0.717) is 22.8 Å². The van der Waals surface area contributed by atoms with Gasteiger partial charge in [-0.2, -0.15) is 0 Å². The second-order valence-electron chi connectivity index (χ2n) is 7.72. The van der Waals surface area contributed by atoms with Crippen LogP contribution in [0.4, 0.5) is 0 Å². The number of nitrogens with zero attached hydrogens (tertiary/aromatic N) is 1. The van der Waals surface area contributed by atoms with Crippen molar-refractivity contribution in [3.8, 4) is 17.2 Å². The van der Waals surface area contributed by atoms with Crippen LogP contribution in [0.5, 0.6) is 17.2 Å². The van der Waals surface area contributed by atoms with E-state index in [0.717, 1.165) is 5.56 Å². The molecule has 4 rings (SSSR count). The lowest BCUT2D eigenvalue weighted by molar-refractivity contribution is -0.140. The Morgan fingerprint density at radius 2 is 1.53 bits per heavy atom. The number of carbonyl (C=O) groups excluding carboxylic acids is 2. The van der Waals surface area contributed by atoms with Crippen molar-refractivity contribution in [2.45, 2.75) is 12.6 Å². The van der Waals surface area contributed by atoms with E-state index < -0.39 is 17.7 Å². The van der Waals surface area contributed by atoms with Gasteiger partial charge in [0.25, 0.3) is 11.7 Å². The summed E-state index contributed by atoms with van der Waals surface area (Å²) in [6, 6.07) is 20.5. The minimum atomic E-state index is -0.804. The van der Waals surface area contributed by atoms with Gasteiger partial charge in [-0.1, -0.05) is 48.5 Å². The summed E-state index contributed by atoms with van der Waals surface area (Å²) in [7, 11) is 4.52. The van der Waals surface area contributed by atoms with Crippen molar-refractivity contribution in [1.82, 2.24) is 4.90 Å². The first-order chi connectivity index (χ1) is 16.5. The minimum absolute atomic E-state index is 0.0161. The first-order valence-electron chi connectivity index (χ1n) is 10.7. The lowest BCUT2D eigenvalue weighted by Gasteiger charge is -2.26. The standard InChI is InChI=1S/C27H25NO6/c1-32-19-13-14-22(34-3)20(15-19)25(29)23-24(17-9-5-4-6-10-17)28(27(31)26(23)30)16-18-11-7-8-12-21(18)33-2/h4-15,24,29H,16H2,1-3H3/b25-23+. The smallest absolute Gasteiger partial charge is 0.295 e. The van der Waals surface area contributed by atoms with Crippen molar-refractivity contribution in [3.63, 3.8) is 0 Å². The molecule has 1 saturated heterocycles. The summed E-state index contributed by atoms with van der Waals surface area (Å²) >= 11 is 0. The minimum Gasteiger partial charge on any atom is -0.507 e. The third kappa shape index (κ3) is 4.08. The van der Waals surface area contributed by atoms with Gasteiger partial charge in [0.05, 0.1) is 45.1 Å². The van der Waals surface area contributed by atoms with Gasteiger partial charge in [0, 0.05) is 5.56 Å². The van der Waals surface area contributed by atoms with Crippen molar-refractivity contribution in [2.75, 3.05) is 21.3 Å². The van der Waals surface area contributed by atoms with Gasteiger partial charge in [0.15, 0.2) is 0 Å². The molecule has 1 atom stereocenters. The highest BCUT2D eigenvalue weighted by Gasteiger charge is 2.46.